The number of carbonyl (C=O) groups is 1. The summed E-state index contributed by atoms with van der Waals surface area (Å²) in [5.74, 6) is 0.924. The second-order valence-corrected chi connectivity index (χ2v) is 5.07. The van der Waals surface area contributed by atoms with Crippen LogP contribution in [0.1, 0.15) is 40.0 Å². The third-order valence-corrected chi connectivity index (χ3v) is 2.82. The Morgan fingerprint density at radius 3 is 2.64 bits per heavy atom. The SMILES string of the molecule is CCC1CCN(C(=O)CC(C)(C)N)C1. The Morgan fingerprint density at radius 2 is 2.21 bits per heavy atom. The van der Waals surface area contributed by atoms with Crippen molar-refractivity contribution in [1.82, 2.24) is 4.90 Å². The van der Waals surface area contributed by atoms with Gasteiger partial charge in [0.25, 0.3) is 0 Å². The number of amides is 1. The lowest BCUT2D eigenvalue weighted by molar-refractivity contribution is -0.131. The van der Waals surface area contributed by atoms with Gasteiger partial charge in [-0.15, -0.1) is 0 Å². The highest BCUT2D eigenvalue weighted by Crippen LogP contribution is 2.20. The maximum Gasteiger partial charge on any atom is 0.224 e. The Morgan fingerprint density at radius 1 is 1.57 bits per heavy atom. The molecule has 3 nitrogen and oxygen atoms in total. The summed E-state index contributed by atoms with van der Waals surface area (Å²) in [4.78, 5) is 13.7. The number of hydrogen-bond acceptors (Lipinski definition) is 2. The van der Waals surface area contributed by atoms with Crippen LogP contribution in [0.3, 0.4) is 0 Å². The molecule has 14 heavy (non-hydrogen) atoms. The van der Waals surface area contributed by atoms with E-state index < -0.39 is 0 Å². The molecule has 1 saturated heterocycles. The van der Waals surface area contributed by atoms with Crippen LogP contribution in [0.4, 0.5) is 0 Å². The van der Waals surface area contributed by atoms with Crippen LogP contribution in [-0.4, -0.2) is 29.4 Å². The van der Waals surface area contributed by atoms with Gasteiger partial charge < -0.3 is 10.6 Å². The van der Waals surface area contributed by atoms with Crippen molar-refractivity contribution in [3.05, 3.63) is 0 Å². The average Bonchev–Trinajstić information content (AvgIpc) is 2.48. The Kier molecular flexibility index (Phi) is 3.53. The molecule has 0 spiro atoms. The zero-order valence-electron chi connectivity index (χ0n) is 9.55. The van der Waals surface area contributed by atoms with Crippen molar-refractivity contribution in [2.45, 2.75) is 45.6 Å². The van der Waals surface area contributed by atoms with E-state index in [1.807, 2.05) is 18.7 Å². The molecule has 0 saturated carbocycles. The maximum absolute atomic E-state index is 11.8. The molecule has 1 amide bonds. The predicted molar refractivity (Wildman–Crippen MR) is 57.9 cm³/mol. The van der Waals surface area contributed by atoms with Crippen molar-refractivity contribution in [3.63, 3.8) is 0 Å². The fourth-order valence-electron chi connectivity index (χ4n) is 1.89. The Balaban J connectivity index is 2.40. The van der Waals surface area contributed by atoms with Crippen molar-refractivity contribution < 1.29 is 4.79 Å². The first-order chi connectivity index (χ1) is 6.42. The number of nitrogens with two attached hydrogens (primary N) is 1. The summed E-state index contributed by atoms with van der Waals surface area (Å²) in [5, 5.41) is 0. The van der Waals surface area contributed by atoms with Crippen LogP contribution in [0.5, 0.6) is 0 Å². The van der Waals surface area contributed by atoms with E-state index in [1.165, 1.54) is 6.42 Å². The number of likely N-dealkylation sites (tertiary alicyclic amines) is 1. The molecule has 0 aromatic carbocycles. The molecule has 3 heteroatoms. The molecule has 1 aliphatic heterocycles. The van der Waals surface area contributed by atoms with Crippen molar-refractivity contribution in [2.75, 3.05) is 13.1 Å². The smallest absolute Gasteiger partial charge is 0.224 e. The van der Waals surface area contributed by atoms with E-state index in [2.05, 4.69) is 6.92 Å². The van der Waals surface area contributed by atoms with Gasteiger partial charge in [0.2, 0.25) is 5.91 Å². The van der Waals surface area contributed by atoms with Crippen LogP contribution < -0.4 is 5.73 Å². The van der Waals surface area contributed by atoms with Gasteiger partial charge in [-0.3, -0.25) is 4.79 Å². The minimum atomic E-state index is -0.374. The maximum atomic E-state index is 11.8. The van der Waals surface area contributed by atoms with E-state index in [-0.39, 0.29) is 11.4 Å². The minimum absolute atomic E-state index is 0.216. The summed E-state index contributed by atoms with van der Waals surface area (Å²) in [6.45, 7) is 7.85. The van der Waals surface area contributed by atoms with Crippen LogP contribution in [0.2, 0.25) is 0 Å². The minimum Gasteiger partial charge on any atom is -0.342 e. The highest BCUT2D eigenvalue weighted by atomic mass is 16.2. The molecule has 0 aromatic heterocycles. The summed E-state index contributed by atoms with van der Waals surface area (Å²) in [6, 6.07) is 0. The molecule has 82 valence electrons. The Labute approximate surface area is 86.6 Å². The third kappa shape index (κ3) is 3.29. The van der Waals surface area contributed by atoms with Gasteiger partial charge in [0.15, 0.2) is 0 Å². The third-order valence-electron chi connectivity index (χ3n) is 2.82. The molecule has 0 aromatic rings. The van der Waals surface area contributed by atoms with E-state index >= 15 is 0 Å². The van der Waals surface area contributed by atoms with Crippen molar-refractivity contribution >= 4 is 5.91 Å². The van der Waals surface area contributed by atoms with Gasteiger partial charge in [0.1, 0.15) is 0 Å². The number of carbonyl (C=O) groups excluding carboxylic acids is 1. The van der Waals surface area contributed by atoms with E-state index in [4.69, 9.17) is 5.73 Å². The van der Waals surface area contributed by atoms with Gasteiger partial charge in [-0.25, -0.2) is 0 Å². The van der Waals surface area contributed by atoms with Crippen molar-refractivity contribution in [2.24, 2.45) is 11.7 Å². The molecule has 1 rings (SSSR count). The van der Waals surface area contributed by atoms with E-state index in [0.29, 0.717) is 12.3 Å². The average molecular weight is 198 g/mol. The second kappa shape index (κ2) is 4.30. The van der Waals surface area contributed by atoms with Crippen LogP contribution in [-0.2, 0) is 4.79 Å². The summed E-state index contributed by atoms with van der Waals surface area (Å²) in [5.41, 5.74) is 5.45. The molecule has 1 fully saturated rings. The molecule has 1 aliphatic rings. The molecular weight excluding hydrogens is 176 g/mol. The molecule has 1 heterocycles. The molecule has 2 N–H and O–H groups in total. The topological polar surface area (TPSA) is 46.3 Å². The predicted octanol–water partition coefficient (Wildman–Crippen LogP) is 1.37. The van der Waals surface area contributed by atoms with Gasteiger partial charge in [-0.2, -0.15) is 0 Å². The van der Waals surface area contributed by atoms with E-state index in [9.17, 15) is 4.79 Å². The first kappa shape index (κ1) is 11.5. The quantitative estimate of drug-likeness (QED) is 0.744. The first-order valence-corrected chi connectivity index (χ1v) is 5.49. The molecular formula is C11H22N2O. The normalized spacial score (nSPS) is 22.9. The standard InChI is InChI=1S/C11H22N2O/c1-4-9-5-6-13(8-9)10(14)7-11(2,3)12/h9H,4-8,12H2,1-3H3. The summed E-state index contributed by atoms with van der Waals surface area (Å²) in [6.07, 6.45) is 2.80. The molecule has 0 bridgehead atoms. The number of nitrogens with zero attached hydrogens (tertiary/aromatic N) is 1. The Hall–Kier alpha value is -0.570. The van der Waals surface area contributed by atoms with E-state index in [0.717, 1.165) is 19.5 Å². The van der Waals surface area contributed by atoms with Crippen LogP contribution >= 0.6 is 0 Å². The lowest BCUT2D eigenvalue weighted by Gasteiger charge is -2.23. The summed E-state index contributed by atoms with van der Waals surface area (Å²) < 4.78 is 0. The van der Waals surface area contributed by atoms with Gasteiger partial charge in [0.05, 0.1) is 0 Å². The van der Waals surface area contributed by atoms with Gasteiger partial charge >= 0.3 is 0 Å². The van der Waals surface area contributed by atoms with Crippen molar-refractivity contribution in [1.29, 1.82) is 0 Å². The molecule has 0 aliphatic carbocycles. The second-order valence-electron chi connectivity index (χ2n) is 5.07. The first-order valence-electron chi connectivity index (χ1n) is 5.49. The lowest BCUT2D eigenvalue weighted by atomic mass is 10.0. The monoisotopic (exact) mass is 198 g/mol. The van der Waals surface area contributed by atoms with Gasteiger partial charge in [-0.1, -0.05) is 13.3 Å². The highest BCUT2D eigenvalue weighted by molar-refractivity contribution is 5.77. The largest absolute Gasteiger partial charge is 0.342 e. The fraction of sp³-hybridized carbons (Fsp3) is 0.909. The Bertz CT molecular complexity index is 208. The molecule has 1 atom stereocenters. The lowest BCUT2D eigenvalue weighted by Crippen LogP contribution is -2.40. The highest BCUT2D eigenvalue weighted by Gasteiger charge is 2.27. The van der Waals surface area contributed by atoms with Gasteiger partial charge in [0, 0.05) is 25.0 Å². The van der Waals surface area contributed by atoms with Crippen LogP contribution in [0.25, 0.3) is 0 Å². The summed E-state index contributed by atoms with van der Waals surface area (Å²) >= 11 is 0. The van der Waals surface area contributed by atoms with Crippen LogP contribution in [0, 0.1) is 5.92 Å². The molecule has 0 radical (unpaired) electrons. The van der Waals surface area contributed by atoms with Crippen molar-refractivity contribution in [3.8, 4) is 0 Å². The number of hydrogen-bond donors (Lipinski definition) is 1. The fourth-order valence-corrected chi connectivity index (χ4v) is 1.89. The number of rotatable bonds is 3. The zero-order chi connectivity index (χ0) is 10.8. The summed E-state index contributed by atoms with van der Waals surface area (Å²) in [7, 11) is 0. The van der Waals surface area contributed by atoms with Crippen LogP contribution in [0.15, 0.2) is 0 Å². The molecule has 1 unspecified atom stereocenters. The zero-order valence-corrected chi connectivity index (χ0v) is 9.55. The van der Waals surface area contributed by atoms with E-state index in [1.54, 1.807) is 0 Å². The van der Waals surface area contributed by atoms with Gasteiger partial charge in [-0.05, 0) is 26.2 Å².